The Morgan fingerprint density at radius 2 is 1.90 bits per heavy atom. The highest BCUT2D eigenvalue weighted by Crippen LogP contribution is 2.21. The van der Waals surface area contributed by atoms with E-state index in [0.717, 1.165) is 38.3 Å². The van der Waals surface area contributed by atoms with Gasteiger partial charge in [0.15, 0.2) is 5.82 Å². The molecule has 0 amide bonds. The van der Waals surface area contributed by atoms with Crippen molar-refractivity contribution in [2.45, 2.75) is 19.4 Å². The fraction of sp³-hybridized carbons (Fsp3) is 0.375. The summed E-state index contributed by atoms with van der Waals surface area (Å²) in [5.41, 5.74) is 1.25. The molecule has 20 heavy (non-hydrogen) atoms. The van der Waals surface area contributed by atoms with Crippen LogP contribution in [0.4, 0.5) is 5.82 Å². The van der Waals surface area contributed by atoms with Gasteiger partial charge in [-0.3, -0.25) is 4.68 Å². The third kappa shape index (κ3) is 2.83. The number of piperidine rings is 1. The van der Waals surface area contributed by atoms with Crippen LogP contribution in [0, 0.1) is 17.2 Å². The highest BCUT2D eigenvalue weighted by atomic mass is 15.3. The van der Waals surface area contributed by atoms with Crippen LogP contribution in [0.1, 0.15) is 18.4 Å². The normalized spacial score (nSPS) is 16.1. The monoisotopic (exact) mass is 266 g/mol. The second-order valence-electron chi connectivity index (χ2n) is 5.25. The van der Waals surface area contributed by atoms with Gasteiger partial charge in [-0.1, -0.05) is 30.3 Å². The Bertz CT molecular complexity index is 588. The minimum absolute atomic E-state index is 0.220. The van der Waals surface area contributed by atoms with Crippen molar-refractivity contribution in [2.24, 2.45) is 5.92 Å². The van der Waals surface area contributed by atoms with E-state index in [9.17, 15) is 0 Å². The fourth-order valence-corrected chi connectivity index (χ4v) is 2.62. The fourth-order valence-electron chi connectivity index (χ4n) is 2.62. The van der Waals surface area contributed by atoms with Crippen LogP contribution in [0.25, 0.3) is 0 Å². The summed E-state index contributed by atoms with van der Waals surface area (Å²) in [5.74, 6) is 1.25. The first-order valence-electron chi connectivity index (χ1n) is 7.07. The number of nitriles is 1. The molecule has 0 bridgehead atoms. The first-order chi connectivity index (χ1) is 9.85. The minimum atomic E-state index is 0.220. The van der Waals surface area contributed by atoms with Crippen LogP contribution in [-0.4, -0.2) is 22.9 Å². The molecule has 0 radical (unpaired) electrons. The SMILES string of the molecule is N#CC1CCN(c2ccn(Cc3ccccc3)n2)CC1. The van der Waals surface area contributed by atoms with Crippen molar-refractivity contribution in [3.63, 3.8) is 0 Å². The molecule has 1 aromatic carbocycles. The predicted octanol–water partition coefficient (Wildman–Crippen LogP) is 2.67. The molecule has 3 rings (SSSR count). The molecule has 2 aromatic rings. The van der Waals surface area contributed by atoms with Gasteiger partial charge >= 0.3 is 0 Å². The molecule has 1 aliphatic rings. The van der Waals surface area contributed by atoms with Crippen molar-refractivity contribution < 1.29 is 0 Å². The van der Waals surface area contributed by atoms with Crippen molar-refractivity contribution in [3.8, 4) is 6.07 Å². The average Bonchev–Trinajstić information content (AvgIpc) is 2.97. The van der Waals surface area contributed by atoms with Crippen LogP contribution in [0.15, 0.2) is 42.6 Å². The third-order valence-electron chi connectivity index (χ3n) is 3.82. The van der Waals surface area contributed by atoms with Crippen molar-refractivity contribution in [2.75, 3.05) is 18.0 Å². The maximum absolute atomic E-state index is 8.93. The molecular weight excluding hydrogens is 248 g/mol. The summed E-state index contributed by atoms with van der Waals surface area (Å²) in [6.45, 7) is 2.66. The van der Waals surface area contributed by atoms with Crippen LogP contribution < -0.4 is 4.90 Å². The number of hydrogen-bond acceptors (Lipinski definition) is 3. The molecule has 4 heteroatoms. The van der Waals surface area contributed by atoms with Crippen LogP contribution in [-0.2, 0) is 6.54 Å². The summed E-state index contributed by atoms with van der Waals surface area (Å²) in [6.07, 6.45) is 3.92. The van der Waals surface area contributed by atoms with E-state index in [1.807, 2.05) is 29.1 Å². The Kier molecular flexibility index (Phi) is 3.69. The smallest absolute Gasteiger partial charge is 0.150 e. The number of aromatic nitrogens is 2. The summed E-state index contributed by atoms with van der Waals surface area (Å²) in [5, 5.41) is 13.6. The van der Waals surface area contributed by atoms with Gasteiger partial charge in [-0.2, -0.15) is 10.4 Å². The molecule has 0 atom stereocenters. The summed E-state index contributed by atoms with van der Waals surface area (Å²) < 4.78 is 1.97. The number of benzene rings is 1. The summed E-state index contributed by atoms with van der Waals surface area (Å²) in [6, 6.07) is 14.8. The molecule has 2 heterocycles. The predicted molar refractivity (Wildman–Crippen MR) is 78.3 cm³/mol. The number of hydrogen-bond donors (Lipinski definition) is 0. The second kappa shape index (κ2) is 5.79. The van der Waals surface area contributed by atoms with E-state index >= 15 is 0 Å². The van der Waals surface area contributed by atoms with E-state index in [1.165, 1.54) is 5.56 Å². The van der Waals surface area contributed by atoms with Crippen molar-refractivity contribution in [3.05, 3.63) is 48.2 Å². The molecule has 0 unspecified atom stereocenters. The second-order valence-corrected chi connectivity index (χ2v) is 5.25. The van der Waals surface area contributed by atoms with E-state index in [-0.39, 0.29) is 5.92 Å². The van der Waals surface area contributed by atoms with Gasteiger partial charge in [0.05, 0.1) is 12.6 Å². The molecular formula is C16H18N4. The lowest BCUT2D eigenvalue weighted by Gasteiger charge is -2.28. The van der Waals surface area contributed by atoms with Gasteiger partial charge in [0.2, 0.25) is 0 Å². The van der Waals surface area contributed by atoms with E-state index in [1.54, 1.807) is 0 Å². The zero-order valence-corrected chi connectivity index (χ0v) is 11.4. The highest BCUT2D eigenvalue weighted by molar-refractivity contribution is 5.37. The number of rotatable bonds is 3. The Hall–Kier alpha value is -2.28. The quantitative estimate of drug-likeness (QED) is 0.858. The molecule has 0 aliphatic carbocycles. The molecule has 0 N–H and O–H groups in total. The Morgan fingerprint density at radius 3 is 2.60 bits per heavy atom. The largest absolute Gasteiger partial charge is 0.355 e. The molecule has 1 aromatic heterocycles. The maximum Gasteiger partial charge on any atom is 0.150 e. The standard InChI is InChI=1S/C16H18N4/c17-12-14-6-9-19(10-7-14)16-8-11-20(18-16)13-15-4-2-1-3-5-15/h1-5,8,11,14H,6-7,9-10,13H2. The topological polar surface area (TPSA) is 44.9 Å². The molecule has 1 fully saturated rings. The molecule has 0 saturated carbocycles. The Balaban J connectivity index is 1.64. The van der Waals surface area contributed by atoms with Gasteiger partial charge in [-0.05, 0) is 18.4 Å². The van der Waals surface area contributed by atoms with Gasteiger partial charge < -0.3 is 4.90 Å². The van der Waals surface area contributed by atoms with Crippen molar-refractivity contribution in [1.82, 2.24) is 9.78 Å². The van der Waals surface area contributed by atoms with E-state index in [0.29, 0.717) is 0 Å². The van der Waals surface area contributed by atoms with Crippen LogP contribution >= 0.6 is 0 Å². The van der Waals surface area contributed by atoms with E-state index in [4.69, 9.17) is 5.26 Å². The van der Waals surface area contributed by atoms with Crippen LogP contribution in [0.3, 0.4) is 0 Å². The zero-order chi connectivity index (χ0) is 13.8. The molecule has 1 aliphatic heterocycles. The van der Waals surface area contributed by atoms with Gasteiger partial charge in [-0.25, -0.2) is 0 Å². The lowest BCUT2D eigenvalue weighted by atomic mass is 9.99. The lowest BCUT2D eigenvalue weighted by molar-refractivity contribution is 0.483. The lowest BCUT2D eigenvalue weighted by Crippen LogP contribution is -2.33. The summed E-state index contributed by atoms with van der Waals surface area (Å²) in [4.78, 5) is 2.27. The van der Waals surface area contributed by atoms with Gasteiger partial charge in [0, 0.05) is 31.3 Å². The van der Waals surface area contributed by atoms with Crippen LogP contribution in [0.2, 0.25) is 0 Å². The van der Waals surface area contributed by atoms with Gasteiger partial charge in [-0.15, -0.1) is 0 Å². The first-order valence-corrected chi connectivity index (χ1v) is 7.07. The molecule has 0 spiro atoms. The average molecular weight is 266 g/mol. The van der Waals surface area contributed by atoms with Gasteiger partial charge in [0.1, 0.15) is 0 Å². The Labute approximate surface area is 119 Å². The third-order valence-corrected chi connectivity index (χ3v) is 3.82. The van der Waals surface area contributed by atoms with Crippen molar-refractivity contribution in [1.29, 1.82) is 5.26 Å². The van der Waals surface area contributed by atoms with E-state index < -0.39 is 0 Å². The summed E-state index contributed by atoms with van der Waals surface area (Å²) >= 11 is 0. The minimum Gasteiger partial charge on any atom is -0.355 e. The zero-order valence-electron chi connectivity index (χ0n) is 11.4. The summed E-state index contributed by atoms with van der Waals surface area (Å²) in [7, 11) is 0. The molecule has 4 nitrogen and oxygen atoms in total. The first kappa shape index (κ1) is 12.7. The number of anilines is 1. The highest BCUT2D eigenvalue weighted by Gasteiger charge is 2.20. The number of nitrogens with zero attached hydrogens (tertiary/aromatic N) is 4. The molecule has 1 saturated heterocycles. The maximum atomic E-state index is 8.93. The molecule has 102 valence electrons. The van der Waals surface area contributed by atoms with Gasteiger partial charge in [0.25, 0.3) is 0 Å². The van der Waals surface area contributed by atoms with Crippen molar-refractivity contribution >= 4 is 5.82 Å². The van der Waals surface area contributed by atoms with Crippen LogP contribution in [0.5, 0.6) is 0 Å². The Morgan fingerprint density at radius 1 is 1.15 bits per heavy atom. The van der Waals surface area contributed by atoms with E-state index in [2.05, 4.69) is 34.3 Å².